The van der Waals surface area contributed by atoms with Gasteiger partial charge in [-0.3, -0.25) is 0 Å². The van der Waals surface area contributed by atoms with Gasteiger partial charge < -0.3 is 10.1 Å². The Hall–Kier alpha value is -1.46. The van der Waals surface area contributed by atoms with Crippen LogP contribution in [0.5, 0.6) is 5.75 Å². The summed E-state index contributed by atoms with van der Waals surface area (Å²) in [6, 6.07) is 8.54. The minimum Gasteiger partial charge on any atom is -0.496 e. The minimum absolute atomic E-state index is 0.296. The highest BCUT2D eigenvalue weighted by Gasteiger charge is 2.20. The van der Waals surface area contributed by atoms with Gasteiger partial charge in [0.2, 0.25) is 0 Å². The van der Waals surface area contributed by atoms with Gasteiger partial charge in [-0.2, -0.15) is 0 Å². The first-order valence-corrected chi connectivity index (χ1v) is 7.38. The summed E-state index contributed by atoms with van der Waals surface area (Å²) in [6.45, 7) is 2.63. The molecule has 0 saturated heterocycles. The van der Waals surface area contributed by atoms with Gasteiger partial charge in [0.1, 0.15) is 17.4 Å². The molecular formula is C16H16BrF2NO. The number of rotatable bonds is 5. The number of benzene rings is 2. The second-order valence-electron chi connectivity index (χ2n) is 4.54. The molecule has 0 fully saturated rings. The van der Waals surface area contributed by atoms with E-state index in [0.29, 0.717) is 22.3 Å². The minimum atomic E-state index is -0.341. The molecule has 0 amide bonds. The summed E-state index contributed by atoms with van der Waals surface area (Å²) in [6.07, 6.45) is 0. The summed E-state index contributed by atoms with van der Waals surface area (Å²) in [4.78, 5) is 0. The summed E-state index contributed by atoms with van der Waals surface area (Å²) in [5.74, 6) is -0.0856. The van der Waals surface area contributed by atoms with E-state index in [-0.39, 0.29) is 17.7 Å². The van der Waals surface area contributed by atoms with Crippen LogP contribution >= 0.6 is 15.9 Å². The zero-order chi connectivity index (χ0) is 15.4. The van der Waals surface area contributed by atoms with E-state index in [2.05, 4.69) is 21.2 Å². The Morgan fingerprint density at radius 2 is 1.76 bits per heavy atom. The highest BCUT2D eigenvalue weighted by atomic mass is 79.9. The SMILES string of the molecule is CCNC(c1ccc(F)cc1Br)c1cc(F)ccc1OC. The van der Waals surface area contributed by atoms with Crippen LogP contribution in [-0.2, 0) is 0 Å². The molecule has 1 unspecified atom stereocenters. The van der Waals surface area contributed by atoms with Crippen molar-refractivity contribution in [2.24, 2.45) is 0 Å². The lowest BCUT2D eigenvalue weighted by Gasteiger charge is -2.22. The molecule has 0 aliphatic carbocycles. The molecule has 2 aromatic rings. The third-order valence-electron chi connectivity index (χ3n) is 3.18. The van der Waals surface area contributed by atoms with Crippen molar-refractivity contribution in [2.75, 3.05) is 13.7 Å². The molecule has 0 aliphatic heterocycles. The van der Waals surface area contributed by atoms with Crippen LogP contribution in [0.4, 0.5) is 8.78 Å². The van der Waals surface area contributed by atoms with Crippen LogP contribution in [0.25, 0.3) is 0 Å². The second kappa shape index (κ2) is 7.00. The molecule has 1 atom stereocenters. The maximum atomic E-state index is 13.6. The van der Waals surface area contributed by atoms with Gasteiger partial charge in [0.05, 0.1) is 13.2 Å². The molecule has 0 saturated carbocycles. The molecule has 21 heavy (non-hydrogen) atoms. The molecule has 112 valence electrons. The Morgan fingerprint density at radius 3 is 2.38 bits per heavy atom. The van der Waals surface area contributed by atoms with Crippen LogP contribution < -0.4 is 10.1 Å². The molecule has 0 radical (unpaired) electrons. The summed E-state index contributed by atoms with van der Waals surface area (Å²) < 4.78 is 32.8. The fourth-order valence-electron chi connectivity index (χ4n) is 2.26. The highest BCUT2D eigenvalue weighted by molar-refractivity contribution is 9.10. The molecule has 5 heteroatoms. The van der Waals surface area contributed by atoms with Crippen molar-refractivity contribution in [3.63, 3.8) is 0 Å². The predicted octanol–water partition coefficient (Wildman–Crippen LogP) is 4.43. The summed E-state index contributed by atoms with van der Waals surface area (Å²) in [5.41, 5.74) is 1.49. The molecule has 2 rings (SSSR count). The van der Waals surface area contributed by atoms with E-state index < -0.39 is 0 Å². The summed E-state index contributed by atoms with van der Waals surface area (Å²) in [7, 11) is 1.54. The van der Waals surface area contributed by atoms with E-state index in [0.717, 1.165) is 5.56 Å². The quantitative estimate of drug-likeness (QED) is 0.856. The number of nitrogens with one attached hydrogen (secondary N) is 1. The number of halogens is 3. The standard InChI is InChI=1S/C16H16BrF2NO/c1-3-20-16(12-6-4-11(19)9-14(12)17)13-8-10(18)5-7-15(13)21-2/h4-9,16,20H,3H2,1-2H3. The Bertz CT molecular complexity index is 634. The van der Waals surface area contributed by atoms with Crippen molar-refractivity contribution < 1.29 is 13.5 Å². The predicted molar refractivity (Wildman–Crippen MR) is 82.6 cm³/mol. The van der Waals surface area contributed by atoms with Crippen molar-refractivity contribution >= 4 is 15.9 Å². The second-order valence-corrected chi connectivity index (χ2v) is 5.40. The molecule has 1 N–H and O–H groups in total. The number of ether oxygens (including phenoxy) is 1. The fourth-order valence-corrected chi connectivity index (χ4v) is 2.84. The highest BCUT2D eigenvalue weighted by Crippen LogP contribution is 2.34. The third-order valence-corrected chi connectivity index (χ3v) is 3.87. The molecule has 0 spiro atoms. The maximum absolute atomic E-state index is 13.6. The zero-order valence-corrected chi connectivity index (χ0v) is 13.4. The van der Waals surface area contributed by atoms with E-state index in [1.807, 2.05) is 6.92 Å². The van der Waals surface area contributed by atoms with Gasteiger partial charge >= 0.3 is 0 Å². The van der Waals surface area contributed by atoms with Gasteiger partial charge in [-0.05, 0) is 42.4 Å². The summed E-state index contributed by atoms with van der Waals surface area (Å²) >= 11 is 3.37. The van der Waals surface area contributed by atoms with Crippen LogP contribution in [0.2, 0.25) is 0 Å². The van der Waals surface area contributed by atoms with Crippen LogP contribution in [0, 0.1) is 11.6 Å². The average molecular weight is 356 g/mol. The van der Waals surface area contributed by atoms with Gasteiger partial charge in [-0.1, -0.05) is 28.9 Å². The summed E-state index contributed by atoms with van der Waals surface area (Å²) in [5, 5.41) is 3.28. The van der Waals surface area contributed by atoms with Gasteiger partial charge in [-0.25, -0.2) is 8.78 Å². The van der Waals surface area contributed by atoms with E-state index in [1.165, 1.54) is 24.3 Å². The first-order valence-electron chi connectivity index (χ1n) is 6.58. The molecule has 0 bridgehead atoms. The van der Waals surface area contributed by atoms with Crippen LogP contribution in [-0.4, -0.2) is 13.7 Å². The number of hydrogen-bond donors (Lipinski definition) is 1. The van der Waals surface area contributed by atoms with Crippen molar-refractivity contribution in [1.29, 1.82) is 0 Å². The lowest BCUT2D eigenvalue weighted by atomic mass is 9.97. The number of methoxy groups -OCH3 is 1. The third kappa shape index (κ3) is 3.60. The van der Waals surface area contributed by atoms with Crippen molar-refractivity contribution in [2.45, 2.75) is 13.0 Å². The first-order chi connectivity index (χ1) is 10.1. The van der Waals surface area contributed by atoms with Crippen molar-refractivity contribution in [1.82, 2.24) is 5.32 Å². The van der Waals surface area contributed by atoms with Gasteiger partial charge in [0.25, 0.3) is 0 Å². The van der Waals surface area contributed by atoms with E-state index in [9.17, 15) is 8.78 Å². The normalized spacial score (nSPS) is 12.2. The Morgan fingerprint density at radius 1 is 1.10 bits per heavy atom. The molecule has 2 nitrogen and oxygen atoms in total. The average Bonchev–Trinajstić information content (AvgIpc) is 2.45. The molecule has 0 aromatic heterocycles. The van der Waals surface area contributed by atoms with Crippen LogP contribution in [0.3, 0.4) is 0 Å². The smallest absolute Gasteiger partial charge is 0.124 e. The van der Waals surface area contributed by atoms with Crippen molar-refractivity contribution in [3.8, 4) is 5.75 Å². The van der Waals surface area contributed by atoms with Crippen molar-refractivity contribution in [3.05, 3.63) is 63.6 Å². The van der Waals surface area contributed by atoms with Gasteiger partial charge in [-0.15, -0.1) is 0 Å². The van der Waals surface area contributed by atoms with E-state index >= 15 is 0 Å². The fraction of sp³-hybridized carbons (Fsp3) is 0.250. The lowest BCUT2D eigenvalue weighted by molar-refractivity contribution is 0.402. The topological polar surface area (TPSA) is 21.3 Å². The Kier molecular flexibility index (Phi) is 5.31. The zero-order valence-electron chi connectivity index (χ0n) is 11.8. The van der Waals surface area contributed by atoms with E-state index in [4.69, 9.17) is 4.74 Å². The van der Waals surface area contributed by atoms with Crippen LogP contribution in [0.1, 0.15) is 24.1 Å². The molecular weight excluding hydrogens is 340 g/mol. The molecule has 2 aromatic carbocycles. The van der Waals surface area contributed by atoms with Gasteiger partial charge in [0.15, 0.2) is 0 Å². The maximum Gasteiger partial charge on any atom is 0.124 e. The van der Waals surface area contributed by atoms with Crippen LogP contribution in [0.15, 0.2) is 40.9 Å². The molecule has 0 heterocycles. The monoisotopic (exact) mass is 355 g/mol. The molecule has 0 aliphatic rings. The lowest BCUT2D eigenvalue weighted by Crippen LogP contribution is -2.23. The number of hydrogen-bond acceptors (Lipinski definition) is 2. The van der Waals surface area contributed by atoms with Gasteiger partial charge in [0, 0.05) is 10.0 Å². The Balaban J connectivity index is 2.55. The van der Waals surface area contributed by atoms with E-state index in [1.54, 1.807) is 19.2 Å². The first kappa shape index (κ1) is 15.9. The Labute approximate surface area is 131 Å². The largest absolute Gasteiger partial charge is 0.496 e.